The summed E-state index contributed by atoms with van der Waals surface area (Å²) in [5.41, 5.74) is 1.59. The van der Waals surface area contributed by atoms with Crippen molar-refractivity contribution in [2.24, 2.45) is 17.3 Å². The number of aliphatic carboxylic acids is 1. The molecule has 1 saturated carbocycles. The number of carboxylic acids is 1. The SMILES string of the molecule is CC(C)(C)C1CCC(Oc2cc(Cl)c3cc(CN4CCC(C(=O)O)CC4)ccc3c2)CC1. The number of benzene rings is 2. The molecular formula is C27H36ClNO3. The van der Waals surface area contributed by atoms with Gasteiger partial charge in [-0.05, 0) is 92.1 Å². The summed E-state index contributed by atoms with van der Waals surface area (Å²) in [6, 6.07) is 10.5. The number of carbonyl (C=O) groups is 1. The molecule has 0 unspecified atom stereocenters. The maximum Gasteiger partial charge on any atom is 0.306 e. The van der Waals surface area contributed by atoms with Gasteiger partial charge < -0.3 is 9.84 Å². The van der Waals surface area contributed by atoms with E-state index in [1.54, 1.807) is 0 Å². The Labute approximate surface area is 196 Å². The van der Waals surface area contributed by atoms with Crippen molar-refractivity contribution in [3.05, 3.63) is 40.9 Å². The van der Waals surface area contributed by atoms with Crippen LogP contribution >= 0.6 is 11.6 Å². The number of piperidine rings is 1. The van der Waals surface area contributed by atoms with Gasteiger partial charge in [-0.3, -0.25) is 9.69 Å². The van der Waals surface area contributed by atoms with Gasteiger partial charge in [0.25, 0.3) is 0 Å². The Hall–Kier alpha value is -1.78. The summed E-state index contributed by atoms with van der Waals surface area (Å²) in [5, 5.41) is 12.1. The Morgan fingerprint density at radius 1 is 1.06 bits per heavy atom. The van der Waals surface area contributed by atoms with Gasteiger partial charge in [0, 0.05) is 11.9 Å². The molecule has 0 aromatic heterocycles. The van der Waals surface area contributed by atoms with Crippen molar-refractivity contribution in [3.63, 3.8) is 0 Å². The lowest BCUT2D eigenvalue weighted by Gasteiger charge is -2.37. The fraction of sp³-hybridized carbons (Fsp3) is 0.593. The molecule has 0 radical (unpaired) electrons. The third-order valence-corrected chi connectivity index (χ3v) is 7.80. The Morgan fingerprint density at radius 2 is 1.75 bits per heavy atom. The smallest absolute Gasteiger partial charge is 0.306 e. The zero-order chi connectivity index (χ0) is 22.9. The fourth-order valence-electron chi connectivity index (χ4n) is 5.34. The maximum atomic E-state index is 11.2. The normalized spacial score (nSPS) is 23.4. The predicted molar refractivity (Wildman–Crippen MR) is 130 cm³/mol. The van der Waals surface area contributed by atoms with E-state index in [4.69, 9.17) is 16.3 Å². The number of likely N-dealkylation sites (tertiary alicyclic amines) is 1. The highest BCUT2D eigenvalue weighted by molar-refractivity contribution is 6.35. The molecule has 2 aromatic carbocycles. The molecule has 2 aromatic rings. The number of fused-ring (bicyclic) bond motifs is 1. The van der Waals surface area contributed by atoms with Gasteiger partial charge >= 0.3 is 5.97 Å². The molecule has 0 atom stereocenters. The molecule has 174 valence electrons. The summed E-state index contributed by atoms with van der Waals surface area (Å²) in [4.78, 5) is 13.5. The molecule has 1 heterocycles. The van der Waals surface area contributed by atoms with Crippen LogP contribution in [0.25, 0.3) is 10.8 Å². The first-order valence-electron chi connectivity index (χ1n) is 12.0. The molecule has 2 aliphatic rings. The summed E-state index contributed by atoms with van der Waals surface area (Å²) in [7, 11) is 0. The monoisotopic (exact) mass is 457 g/mol. The summed E-state index contributed by atoms with van der Waals surface area (Å²) in [6.07, 6.45) is 6.38. The summed E-state index contributed by atoms with van der Waals surface area (Å²) in [6.45, 7) is 9.50. The molecule has 0 spiro atoms. The van der Waals surface area contributed by atoms with Crippen LogP contribution < -0.4 is 4.74 Å². The first-order valence-corrected chi connectivity index (χ1v) is 12.4. The van der Waals surface area contributed by atoms with Crippen LogP contribution in [0.2, 0.25) is 5.02 Å². The van der Waals surface area contributed by atoms with Crippen LogP contribution in [0.5, 0.6) is 5.75 Å². The van der Waals surface area contributed by atoms with E-state index in [0.29, 0.717) is 5.41 Å². The Kier molecular flexibility index (Phi) is 7.02. The van der Waals surface area contributed by atoms with Crippen LogP contribution in [-0.2, 0) is 11.3 Å². The fourth-order valence-corrected chi connectivity index (χ4v) is 5.61. The van der Waals surface area contributed by atoms with E-state index < -0.39 is 5.97 Å². The second-order valence-electron chi connectivity index (χ2n) is 10.8. The number of nitrogens with zero attached hydrogens (tertiary/aromatic N) is 1. The molecule has 5 heteroatoms. The van der Waals surface area contributed by atoms with Gasteiger partial charge in [0.2, 0.25) is 0 Å². The van der Waals surface area contributed by atoms with Gasteiger partial charge in [-0.2, -0.15) is 0 Å². The minimum Gasteiger partial charge on any atom is -0.490 e. The molecule has 1 N–H and O–H groups in total. The van der Waals surface area contributed by atoms with Crippen LogP contribution in [0.4, 0.5) is 0 Å². The van der Waals surface area contributed by atoms with Gasteiger partial charge in [0.1, 0.15) is 5.75 Å². The maximum absolute atomic E-state index is 11.2. The van der Waals surface area contributed by atoms with E-state index >= 15 is 0 Å². The van der Waals surface area contributed by atoms with Crippen molar-refractivity contribution in [2.45, 2.75) is 71.9 Å². The molecule has 1 aliphatic heterocycles. The summed E-state index contributed by atoms with van der Waals surface area (Å²) in [5.74, 6) is 0.780. The van der Waals surface area contributed by atoms with Gasteiger partial charge in [-0.15, -0.1) is 0 Å². The van der Waals surface area contributed by atoms with Crippen LogP contribution in [0.3, 0.4) is 0 Å². The van der Waals surface area contributed by atoms with Crippen LogP contribution in [0, 0.1) is 17.3 Å². The van der Waals surface area contributed by atoms with Gasteiger partial charge in [0.15, 0.2) is 0 Å². The van der Waals surface area contributed by atoms with Gasteiger partial charge in [-0.25, -0.2) is 0 Å². The van der Waals surface area contributed by atoms with Crippen molar-refractivity contribution in [1.29, 1.82) is 0 Å². The Bertz CT molecular complexity index is 951. The van der Waals surface area contributed by atoms with Crippen molar-refractivity contribution in [2.75, 3.05) is 13.1 Å². The van der Waals surface area contributed by atoms with E-state index in [2.05, 4.69) is 49.9 Å². The molecular weight excluding hydrogens is 422 g/mol. The second kappa shape index (κ2) is 9.61. The minimum absolute atomic E-state index is 0.195. The van der Waals surface area contributed by atoms with E-state index in [9.17, 15) is 9.90 Å². The number of rotatable bonds is 5. The summed E-state index contributed by atoms with van der Waals surface area (Å²) < 4.78 is 6.35. The zero-order valence-corrected chi connectivity index (χ0v) is 20.3. The molecule has 4 nitrogen and oxygen atoms in total. The largest absolute Gasteiger partial charge is 0.490 e. The lowest BCUT2D eigenvalue weighted by Crippen LogP contribution is -2.35. The molecule has 0 bridgehead atoms. The highest BCUT2D eigenvalue weighted by Gasteiger charge is 2.30. The Balaban J connectivity index is 1.39. The third kappa shape index (κ3) is 5.58. The van der Waals surface area contributed by atoms with E-state index in [1.165, 1.54) is 18.4 Å². The molecule has 4 rings (SSSR count). The summed E-state index contributed by atoms with van der Waals surface area (Å²) >= 11 is 6.67. The van der Waals surface area contributed by atoms with Crippen molar-refractivity contribution in [1.82, 2.24) is 4.90 Å². The van der Waals surface area contributed by atoms with Gasteiger partial charge in [-0.1, -0.05) is 44.5 Å². The van der Waals surface area contributed by atoms with Crippen LogP contribution in [0.15, 0.2) is 30.3 Å². The minimum atomic E-state index is -0.664. The average molecular weight is 458 g/mol. The molecule has 1 aliphatic carbocycles. The predicted octanol–water partition coefficient (Wildman–Crippen LogP) is 6.77. The Morgan fingerprint density at radius 3 is 2.38 bits per heavy atom. The number of halogens is 1. The van der Waals surface area contributed by atoms with Crippen LogP contribution in [0.1, 0.15) is 64.9 Å². The van der Waals surface area contributed by atoms with E-state index in [-0.39, 0.29) is 12.0 Å². The topological polar surface area (TPSA) is 49.8 Å². The van der Waals surface area contributed by atoms with Crippen molar-refractivity contribution >= 4 is 28.3 Å². The lowest BCUT2D eigenvalue weighted by molar-refractivity contribution is -0.143. The van der Waals surface area contributed by atoms with E-state index in [1.807, 2.05) is 6.07 Å². The van der Waals surface area contributed by atoms with Gasteiger partial charge in [0.05, 0.1) is 17.0 Å². The zero-order valence-electron chi connectivity index (χ0n) is 19.6. The third-order valence-electron chi connectivity index (χ3n) is 7.49. The average Bonchev–Trinajstić information content (AvgIpc) is 2.74. The number of hydrogen-bond acceptors (Lipinski definition) is 3. The van der Waals surface area contributed by atoms with E-state index in [0.717, 1.165) is 72.8 Å². The number of ether oxygens (including phenoxy) is 1. The molecule has 0 amide bonds. The second-order valence-corrected chi connectivity index (χ2v) is 11.2. The lowest BCUT2D eigenvalue weighted by atomic mass is 9.72. The number of carboxylic acid groups (broad SMARTS) is 1. The van der Waals surface area contributed by atoms with Crippen LogP contribution in [-0.4, -0.2) is 35.2 Å². The highest BCUT2D eigenvalue weighted by Crippen LogP contribution is 2.39. The standard InChI is InChI=1S/C27H36ClNO3/c1-27(2,3)21-6-8-22(9-7-21)32-23-15-20-5-4-18(14-24(20)25(28)16-23)17-29-12-10-19(11-13-29)26(30)31/h4-5,14-16,19,21-22H,6-13,17H2,1-3H3,(H,30,31). The van der Waals surface area contributed by atoms with Crippen molar-refractivity contribution in [3.8, 4) is 5.75 Å². The first-order chi connectivity index (χ1) is 15.2. The number of hydrogen-bond donors (Lipinski definition) is 1. The quantitative estimate of drug-likeness (QED) is 0.538. The molecule has 2 fully saturated rings. The first kappa shape index (κ1) is 23.4. The molecule has 1 saturated heterocycles. The highest BCUT2D eigenvalue weighted by atomic mass is 35.5. The molecule has 32 heavy (non-hydrogen) atoms. The van der Waals surface area contributed by atoms with Crippen molar-refractivity contribution < 1.29 is 14.6 Å².